The van der Waals surface area contributed by atoms with Gasteiger partial charge in [0.05, 0.1) is 35.2 Å². The van der Waals surface area contributed by atoms with Gasteiger partial charge in [0.2, 0.25) is 5.95 Å². The molecule has 1 aromatic carbocycles. The van der Waals surface area contributed by atoms with Gasteiger partial charge in [-0.15, -0.1) is 0 Å². The van der Waals surface area contributed by atoms with Crippen molar-refractivity contribution >= 4 is 17.0 Å². The van der Waals surface area contributed by atoms with E-state index in [1.54, 1.807) is 23.0 Å². The fourth-order valence-electron chi connectivity index (χ4n) is 1.94. The molecule has 0 saturated carbocycles. The Bertz CT molecular complexity index is 733. The molecule has 0 unspecified atom stereocenters. The van der Waals surface area contributed by atoms with Gasteiger partial charge in [0.25, 0.3) is 0 Å². The Labute approximate surface area is 108 Å². The van der Waals surface area contributed by atoms with E-state index >= 15 is 0 Å². The first kappa shape index (κ1) is 11.6. The first-order chi connectivity index (χ1) is 9.13. The summed E-state index contributed by atoms with van der Waals surface area (Å²) in [4.78, 5) is 12.6. The van der Waals surface area contributed by atoms with E-state index in [9.17, 15) is 4.39 Å². The highest BCUT2D eigenvalue weighted by Gasteiger charge is 2.10. The highest BCUT2D eigenvalue weighted by molar-refractivity contribution is 5.78. The van der Waals surface area contributed by atoms with Gasteiger partial charge in [-0.1, -0.05) is 0 Å². The number of rotatable bonds is 2. The lowest BCUT2D eigenvalue weighted by Gasteiger charge is -2.05. The molecule has 0 amide bonds. The summed E-state index contributed by atoms with van der Waals surface area (Å²) in [7, 11) is 0. The second kappa shape index (κ2) is 4.31. The van der Waals surface area contributed by atoms with E-state index in [0.29, 0.717) is 23.5 Å². The summed E-state index contributed by atoms with van der Waals surface area (Å²) in [6, 6.07) is 4.39. The second-order valence-corrected chi connectivity index (χ2v) is 4.34. The Morgan fingerprint density at radius 2 is 2.11 bits per heavy atom. The lowest BCUT2D eigenvalue weighted by Crippen LogP contribution is -2.06. The number of hydrogen-bond donors (Lipinski definition) is 1. The van der Waals surface area contributed by atoms with Crippen LogP contribution in [0.4, 0.5) is 10.3 Å². The lowest BCUT2D eigenvalue weighted by molar-refractivity contribution is 0.628. The van der Waals surface area contributed by atoms with Crippen molar-refractivity contribution in [1.29, 1.82) is 0 Å². The first-order valence-electron chi connectivity index (χ1n) is 5.82. The summed E-state index contributed by atoms with van der Waals surface area (Å²) in [6.07, 6.45) is 3.37. The van der Waals surface area contributed by atoms with Crippen LogP contribution in [-0.4, -0.2) is 19.5 Å². The summed E-state index contributed by atoms with van der Waals surface area (Å²) in [5.41, 5.74) is 8.78. The largest absolute Gasteiger partial charge is 0.369 e. The number of hydrogen-bond acceptors (Lipinski definition) is 4. The Morgan fingerprint density at radius 1 is 1.26 bits per heavy atom. The first-order valence-corrected chi connectivity index (χ1v) is 5.82. The van der Waals surface area contributed by atoms with Gasteiger partial charge < -0.3 is 10.3 Å². The topological polar surface area (TPSA) is 69.6 Å². The second-order valence-electron chi connectivity index (χ2n) is 4.34. The van der Waals surface area contributed by atoms with Crippen LogP contribution >= 0.6 is 0 Å². The van der Waals surface area contributed by atoms with Gasteiger partial charge in [-0.25, -0.2) is 9.37 Å². The third-order valence-corrected chi connectivity index (χ3v) is 2.89. The molecule has 3 rings (SSSR count). The molecule has 0 radical (unpaired) electrons. The molecule has 0 bridgehead atoms. The van der Waals surface area contributed by atoms with E-state index in [1.807, 2.05) is 6.92 Å². The molecular weight excluding hydrogens is 245 g/mol. The van der Waals surface area contributed by atoms with Crippen LogP contribution in [0, 0.1) is 12.7 Å². The van der Waals surface area contributed by atoms with Gasteiger partial charge in [-0.3, -0.25) is 9.97 Å². The van der Waals surface area contributed by atoms with Crippen molar-refractivity contribution in [3.05, 3.63) is 47.8 Å². The number of benzene rings is 1. The molecule has 0 aliphatic heterocycles. The van der Waals surface area contributed by atoms with E-state index in [4.69, 9.17) is 5.73 Å². The number of imidazole rings is 1. The Balaban J connectivity index is 2.06. The molecule has 2 aromatic heterocycles. The minimum Gasteiger partial charge on any atom is -0.369 e. The Morgan fingerprint density at radius 3 is 2.84 bits per heavy atom. The zero-order valence-corrected chi connectivity index (χ0v) is 10.3. The van der Waals surface area contributed by atoms with E-state index in [2.05, 4.69) is 15.0 Å². The molecule has 2 heterocycles. The normalized spacial score (nSPS) is 11.1. The molecule has 0 fully saturated rings. The quantitative estimate of drug-likeness (QED) is 0.761. The molecule has 5 nitrogen and oxygen atoms in total. The molecule has 2 N–H and O–H groups in total. The van der Waals surface area contributed by atoms with Crippen molar-refractivity contribution in [2.24, 2.45) is 0 Å². The monoisotopic (exact) mass is 257 g/mol. The number of nitrogens with zero attached hydrogens (tertiary/aromatic N) is 4. The van der Waals surface area contributed by atoms with E-state index < -0.39 is 0 Å². The van der Waals surface area contributed by atoms with Crippen LogP contribution in [0.2, 0.25) is 0 Å². The van der Waals surface area contributed by atoms with Crippen LogP contribution in [-0.2, 0) is 6.54 Å². The zero-order chi connectivity index (χ0) is 13.4. The number of anilines is 1. The molecule has 0 saturated heterocycles. The van der Waals surface area contributed by atoms with Gasteiger partial charge in [-0.05, 0) is 25.1 Å². The predicted octanol–water partition coefficient (Wildman–Crippen LogP) is 1.90. The van der Waals surface area contributed by atoms with Crippen LogP contribution in [0.3, 0.4) is 0 Å². The summed E-state index contributed by atoms with van der Waals surface area (Å²) in [5.74, 6) is 0.0200. The number of fused-ring (bicyclic) bond motifs is 1. The van der Waals surface area contributed by atoms with Crippen molar-refractivity contribution in [2.45, 2.75) is 13.5 Å². The van der Waals surface area contributed by atoms with E-state index in [0.717, 1.165) is 11.4 Å². The van der Waals surface area contributed by atoms with Gasteiger partial charge in [-0.2, -0.15) is 0 Å². The van der Waals surface area contributed by atoms with Gasteiger partial charge in [0.15, 0.2) is 0 Å². The number of aryl methyl sites for hydroxylation is 1. The van der Waals surface area contributed by atoms with Gasteiger partial charge in [0, 0.05) is 6.20 Å². The molecule has 0 aliphatic carbocycles. The molecule has 6 heteroatoms. The molecule has 96 valence electrons. The fraction of sp³-hybridized carbons (Fsp3) is 0.154. The van der Waals surface area contributed by atoms with Crippen LogP contribution in [0.25, 0.3) is 11.0 Å². The minimum absolute atomic E-state index is 0.316. The van der Waals surface area contributed by atoms with Crippen LogP contribution in [0.5, 0.6) is 0 Å². The summed E-state index contributed by atoms with van der Waals surface area (Å²) >= 11 is 0. The average Bonchev–Trinajstić information content (AvgIpc) is 2.69. The lowest BCUT2D eigenvalue weighted by atomic mass is 10.3. The predicted molar refractivity (Wildman–Crippen MR) is 70.0 cm³/mol. The molecular formula is C13H12FN5. The molecule has 3 aromatic rings. The Hall–Kier alpha value is -2.50. The summed E-state index contributed by atoms with van der Waals surface area (Å²) < 4.78 is 15.0. The van der Waals surface area contributed by atoms with Gasteiger partial charge in [0.1, 0.15) is 5.82 Å². The molecule has 0 atom stereocenters. The van der Waals surface area contributed by atoms with Crippen LogP contribution < -0.4 is 5.73 Å². The van der Waals surface area contributed by atoms with Crippen molar-refractivity contribution in [1.82, 2.24) is 19.5 Å². The SMILES string of the molecule is Cc1cnc(Cn2c(N)nc3ccc(F)cc32)cn1. The maximum absolute atomic E-state index is 13.3. The third-order valence-electron chi connectivity index (χ3n) is 2.89. The average molecular weight is 257 g/mol. The van der Waals surface area contributed by atoms with Crippen molar-refractivity contribution < 1.29 is 4.39 Å². The summed E-state index contributed by atoms with van der Waals surface area (Å²) in [5, 5.41) is 0. The maximum Gasteiger partial charge on any atom is 0.201 e. The molecule has 19 heavy (non-hydrogen) atoms. The van der Waals surface area contributed by atoms with E-state index in [1.165, 1.54) is 12.1 Å². The molecule has 0 aliphatic rings. The third kappa shape index (κ3) is 2.12. The highest BCUT2D eigenvalue weighted by Crippen LogP contribution is 2.19. The summed E-state index contributed by atoms with van der Waals surface area (Å²) in [6.45, 7) is 2.28. The fourth-order valence-corrected chi connectivity index (χ4v) is 1.94. The van der Waals surface area contributed by atoms with Crippen LogP contribution in [0.1, 0.15) is 11.4 Å². The highest BCUT2D eigenvalue weighted by atomic mass is 19.1. The smallest absolute Gasteiger partial charge is 0.201 e. The number of aromatic nitrogens is 4. The van der Waals surface area contributed by atoms with Crippen LogP contribution in [0.15, 0.2) is 30.6 Å². The minimum atomic E-state index is -0.316. The zero-order valence-electron chi connectivity index (χ0n) is 10.3. The van der Waals surface area contributed by atoms with Crippen molar-refractivity contribution in [3.8, 4) is 0 Å². The maximum atomic E-state index is 13.3. The van der Waals surface area contributed by atoms with Crippen molar-refractivity contribution in [3.63, 3.8) is 0 Å². The number of halogens is 1. The van der Waals surface area contributed by atoms with Gasteiger partial charge >= 0.3 is 0 Å². The standard InChI is InChI=1S/C13H12FN5/c1-8-5-17-10(6-16-8)7-19-12-4-9(14)2-3-11(12)18-13(19)15/h2-6H,7H2,1H3,(H2,15,18). The number of nitrogens with two attached hydrogens (primary N) is 1. The molecule has 0 spiro atoms. The van der Waals surface area contributed by atoms with E-state index in [-0.39, 0.29) is 5.82 Å². The Kier molecular flexibility index (Phi) is 2.63. The van der Waals surface area contributed by atoms with Crippen molar-refractivity contribution in [2.75, 3.05) is 5.73 Å². The number of nitrogen functional groups attached to an aromatic ring is 1.